The Labute approximate surface area is 256 Å². The van der Waals surface area contributed by atoms with Crippen molar-refractivity contribution in [3.63, 3.8) is 0 Å². The van der Waals surface area contributed by atoms with E-state index in [0.29, 0.717) is 16.4 Å². The maximum Gasteiger partial charge on any atom is 0.190 e. The highest BCUT2D eigenvalue weighted by Crippen LogP contribution is 2.36. The lowest BCUT2D eigenvalue weighted by Crippen LogP contribution is -2.47. The van der Waals surface area contributed by atoms with Crippen LogP contribution >= 0.6 is 11.8 Å². The number of piperazine rings is 1. The molecule has 6 aromatic rings. The van der Waals surface area contributed by atoms with Gasteiger partial charge < -0.3 is 14.4 Å². The molecule has 0 atom stereocenters. The fraction of sp³-hybridized carbons (Fsp3) is 0.194. The monoisotopic (exact) mass is 580 g/mol. The number of aryl methyl sites for hydroxylation is 1. The van der Waals surface area contributed by atoms with Crippen molar-refractivity contribution in [3.8, 4) is 17.3 Å². The first-order valence-electron chi connectivity index (χ1n) is 14.8. The minimum Gasteiger partial charge on any atom is -0.368 e. The minimum absolute atomic E-state index is 0.538. The maximum atomic E-state index is 10.6. The van der Waals surface area contributed by atoms with Crippen molar-refractivity contribution in [1.82, 2.24) is 14.5 Å². The van der Waals surface area contributed by atoms with E-state index in [-0.39, 0.29) is 0 Å². The third-order valence-corrected chi connectivity index (χ3v) is 9.17. The smallest absolute Gasteiger partial charge is 0.190 e. The zero-order valence-electron chi connectivity index (χ0n) is 24.1. The van der Waals surface area contributed by atoms with Gasteiger partial charge in [0.05, 0.1) is 5.69 Å². The fourth-order valence-corrected chi connectivity index (χ4v) is 6.91. The molecule has 1 fully saturated rings. The highest BCUT2D eigenvalue weighted by atomic mass is 32.2. The number of para-hydroxylation sites is 2. The number of aromatic nitrogens is 3. The molecule has 212 valence electrons. The van der Waals surface area contributed by atoms with Gasteiger partial charge in [0.2, 0.25) is 0 Å². The van der Waals surface area contributed by atoms with Crippen molar-refractivity contribution >= 4 is 45.1 Å². The molecule has 0 amide bonds. The number of anilines is 2. The summed E-state index contributed by atoms with van der Waals surface area (Å²) in [5, 5.41) is 13.6. The second-order valence-electron chi connectivity index (χ2n) is 10.7. The predicted molar refractivity (Wildman–Crippen MR) is 178 cm³/mol. The molecule has 0 bridgehead atoms. The Bertz CT molecular complexity index is 1940. The first kappa shape index (κ1) is 27.1. The number of nitriles is 1. The van der Waals surface area contributed by atoms with Gasteiger partial charge in [-0.05, 0) is 42.8 Å². The van der Waals surface area contributed by atoms with E-state index < -0.39 is 0 Å². The summed E-state index contributed by atoms with van der Waals surface area (Å²) in [7, 11) is 0. The highest BCUT2D eigenvalue weighted by Gasteiger charge is 2.25. The predicted octanol–water partition coefficient (Wildman–Crippen LogP) is 7.76. The molecule has 0 unspecified atom stereocenters. The van der Waals surface area contributed by atoms with Gasteiger partial charge in [-0.1, -0.05) is 84.6 Å². The van der Waals surface area contributed by atoms with Gasteiger partial charge in [-0.2, -0.15) is 5.26 Å². The summed E-state index contributed by atoms with van der Waals surface area (Å²) in [5.41, 5.74) is 7.03. The Kier molecular flexibility index (Phi) is 7.44. The van der Waals surface area contributed by atoms with Crippen LogP contribution in [0.2, 0.25) is 0 Å². The van der Waals surface area contributed by atoms with Gasteiger partial charge in [-0.25, -0.2) is 9.97 Å². The van der Waals surface area contributed by atoms with E-state index in [1.54, 1.807) is 11.8 Å². The average Bonchev–Trinajstić information content (AvgIpc) is 3.40. The maximum absolute atomic E-state index is 10.6. The molecule has 1 saturated heterocycles. The Morgan fingerprint density at radius 3 is 2.16 bits per heavy atom. The van der Waals surface area contributed by atoms with Crippen LogP contribution in [0.15, 0.2) is 108 Å². The molecule has 1 aliphatic rings. The largest absolute Gasteiger partial charge is 0.368 e. The molecule has 0 N–H and O–H groups in total. The van der Waals surface area contributed by atoms with E-state index in [9.17, 15) is 5.26 Å². The third kappa shape index (κ3) is 5.19. The van der Waals surface area contributed by atoms with Crippen molar-refractivity contribution in [3.05, 3.63) is 114 Å². The molecule has 0 aliphatic carbocycles. The quantitative estimate of drug-likeness (QED) is 0.142. The van der Waals surface area contributed by atoms with Gasteiger partial charge >= 0.3 is 0 Å². The lowest BCUT2D eigenvalue weighted by atomic mass is 10.0. The van der Waals surface area contributed by atoms with Crippen LogP contribution in [-0.2, 0) is 12.3 Å². The van der Waals surface area contributed by atoms with Gasteiger partial charge in [-0.3, -0.25) is 0 Å². The van der Waals surface area contributed by atoms with E-state index in [1.165, 1.54) is 33.1 Å². The van der Waals surface area contributed by atoms with Crippen LogP contribution in [0.3, 0.4) is 0 Å². The van der Waals surface area contributed by atoms with E-state index in [2.05, 4.69) is 118 Å². The van der Waals surface area contributed by atoms with Crippen LogP contribution in [-0.4, -0.2) is 40.7 Å². The van der Waals surface area contributed by atoms with Gasteiger partial charge in [0.1, 0.15) is 11.6 Å². The number of hydrogen-bond acceptors (Lipinski definition) is 6. The topological polar surface area (TPSA) is 61.0 Å². The number of fused-ring (bicyclic) bond motifs is 3. The molecule has 3 heterocycles. The number of rotatable bonds is 7. The van der Waals surface area contributed by atoms with Crippen LogP contribution in [0.4, 0.5) is 11.5 Å². The van der Waals surface area contributed by atoms with E-state index in [0.717, 1.165) is 49.9 Å². The number of nitrogens with zero attached hydrogens (tertiary/aromatic N) is 6. The second-order valence-corrected chi connectivity index (χ2v) is 11.7. The van der Waals surface area contributed by atoms with Crippen LogP contribution in [0.5, 0.6) is 0 Å². The van der Waals surface area contributed by atoms with Crippen LogP contribution < -0.4 is 9.80 Å². The molecule has 2 aromatic heterocycles. The molecule has 7 heteroatoms. The van der Waals surface area contributed by atoms with Crippen LogP contribution in [0.1, 0.15) is 18.1 Å². The Hall–Kier alpha value is -4.80. The zero-order valence-corrected chi connectivity index (χ0v) is 25.0. The van der Waals surface area contributed by atoms with Crippen LogP contribution in [0.25, 0.3) is 33.1 Å². The summed E-state index contributed by atoms with van der Waals surface area (Å²) in [5.74, 6) is 1.49. The summed E-state index contributed by atoms with van der Waals surface area (Å²) in [4.78, 5) is 14.7. The van der Waals surface area contributed by atoms with E-state index in [4.69, 9.17) is 9.97 Å². The Morgan fingerprint density at radius 1 is 0.744 bits per heavy atom. The van der Waals surface area contributed by atoms with Crippen molar-refractivity contribution in [2.45, 2.75) is 24.4 Å². The van der Waals surface area contributed by atoms with Crippen LogP contribution in [0, 0.1) is 11.3 Å². The summed E-state index contributed by atoms with van der Waals surface area (Å²) in [6.45, 7) is 6.36. The molecule has 0 spiro atoms. The number of hydrogen-bond donors (Lipinski definition) is 0. The molecule has 1 aliphatic heterocycles. The van der Waals surface area contributed by atoms with Gasteiger partial charge in [0, 0.05) is 71.5 Å². The molecule has 6 nitrogen and oxygen atoms in total. The van der Waals surface area contributed by atoms with Crippen molar-refractivity contribution in [2.24, 2.45) is 0 Å². The molecule has 0 saturated carbocycles. The molecule has 4 aromatic carbocycles. The average molecular weight is 581 g/mol. The first-order valence-corrected chi connectivity index (χ1v) is 15.8. The third-order valence-electron chi connectivity index (χ3n) is 8.25. The lowest BCUT2D eigenvalue weighted by Gasteiger charge is -2.37. The molecule has 7 rings (SSSR count). The summed E-state index contributed by atoms with van der Waals surface area (Å²) >= 11 is 1.62. The standard InChI is InChI=1S/C36H32N6S/c1-2-42-32-16-10-9-15-29(32)30-23-27(17-18-33(30)42)34-31(24-37)35(39-36(38-34)43-25-26-11-5-3-6-12-26)41-21-19-40(20-22-41)28-13-7-4-8-14-28/h3-18,23H,2,19-22,25H2,1H3. The van der Waals surface area contributed by atoms with Gasteiger partial charge in [0.25, 0.3) is 0 Å². The van der Waals surface area contributed by atoms with Crippen molar-refractivity contribution in [1.29, 1.82) is 5.26 Å². The highest BCUT2D eigenvalue weighted by molar-refractivity contribution is 7.98. The Morgan fingerprint density at radius 2 is 1.42 bits per heavy atom. The summed E-state index contributed by atoms with van der Waals surface area (Å²) in [6.07, 6.45) is 0. The normalized spacial score (nSPS) is 13.5. The number of thioether (sulfide) groups is 1. The number of benzene rings is 4. The molecular formula is C36H32N6S. The zero-order chi connectivity index (χ0) is 29.2. The lowest BCUT2D eigenvalue weighted by molar-refractivity contribution is 0.643. The van der Waals surface area contributed by atoms with Crippen molar-refractivity contribution < 1.29 is 0 Å². The van der Waals surface area contributed by atoms with Crippen molar-refractivity contribution in [2.75, 3.05) is 36.0 Å². The second kappa shape index (κ2) is 11.8. The summed E-state index contributed by atoms with van der Waals surface area (Å²) < 4.78 is 2.35. The fourth-order valence-electron chi connectivity index (χ4n) is 6.11. The molecule has 43 heavy (non-hydrogen) atoms. The van der Waals surface area contributed by atoms with E-state index >= 15 is 0 Å². The summed E-state index contributed by atoms with van der Waals surface area (Å²) in [6, 6.07) is 38.4. The van der Waals surface area contributed by atoms with Gasteiger partial charge in [0.15, 0.2) is 11.0 Å². The van der Waals surface area contributed by atoms with Gasteiger partial charge in [-0.15, -0.1) is 0 Å². The Balaban J connectivity index is 1.31. The molecule has 0 radical (unpaired) electrons. The first-order chi connectivity index (χ1) is 21.2. The SMILES string of the molecule is CCn1c2ccccc2c2cc(-c3nc(SCc4ccccc4)nc(N4CCN(c5ccccc5)CC4)c3C#N)ccc21. The minimum atomic E-state index is 0.538. The van der Waals surface area contributed by atoms with E-state index in [1.807, 2.05) is 12.1 Å². The molecular weight excluding hydrogens is 549 g/mol.